The van der Waals surface area contributed by atoms with E-state index >= 15 is 0 Å². The highest BCUT2D eigenvalue weighted by Crippen LogP contribution is 2.26. The Morgan fingerprint density at radius 2 is 1.94 bits per heavy atom. The lowest BCUT2D eigenvalue weighted by Crippen LogP contribution is -2.33. The van der Waals surface area contributed by atoms with Crippen LogP contribution in [0.25, 0.3) is 0 Å². The molecule has 3 heteroatoms. The molecule has 1 unspecified atom stereocenters. The normalized spacial score (nSPS) is 15.1. The van der Waals surface area contributed by atoms with Crippen molar-refractivity contribution in [2.45, 2.75) is 32.0 Å². The van der Waals surface area contributed by atoms with Crippen molar-refractivity contribution in [3.63, 3.8) is 0 Å². The quantitative estimate of drug-likeness (QED) is 0.778. The molecule has 1 N–H and O–H groups in total. The zero-order valence-corrected chi connectivity index (χ0v) is 10.6. The fourth-order valence-electron chi connectivity index (χ4n) is 1.51. The lowest BCUT2D eigenvalue weighted by molar-refractivity contribution is -0.0707. The van der Waals surface area contributed by atoms with E-state index in [-0.39, 0.29) is 12.7 Å². The summed E-state index contributed by atoms with van der Waals surface area (Å²) in [7, 11) is 0. The van der Waals surface area contributed by atoms with Gasteiger partial charge >= 0.3 is 0 Å². The van der Waals surface area contributed by atoms with Crippen molar-refractivity contribution in [3.05, 3.63) is 35.9 Å². The highest BCUT2D eigenvalue weighted by molar-refractivity contribution is 6.17. The van der Waals surface area contributed by atoms with E-state index in [1.165, 1.54) is 0 Å². The summed E-state index contributed by atoms with van der Waals surface area (Å²) in [5.41, 5.74) is -0.121. The Labute approximate surface area is 102 Å². The predicted octanol–water partition coefficient (Wildman–Crippen LogP) is 2.93. The molecule has 0 saturated carbocycles. The van der Waals surface area contributed by atoms with E-state index in [0.29, 0.717) is 12.3 Å². The van der Waals surface area contributed by atoms with Gasteiger partial charge in [-0.1, -0.05) is 30.3 Å². The molecular formula is C13H19ClO2. The Bertz CT molecular complexity index is 300. The molecule has 0 bridgehead atoms. The van der Waals surface area contributed by atoms with E-state index in [4.69, 9.17) is 16.3 Å². The van der Waals surface area contributed by atoms with Crippen LogP contribution in [-0.2, 0) is 10.3 Å². The van der Waals surface area contributed by atoms with Crippen molar-refractivity contribution in [2.75, 3.05) is 12.5 Å². The molecule has 0 fully saturated rings. The van der Waals surface area contributed by atoms with Crippen LogP contribution in [0.4, 0.5) is 0 Å². The van der Waals surface area contributed by atoms with Gasteiger partial charge in [0.25, 0.3) is 0 Å². The number of benzene rings is 1. The molecule has 1 rings (SSSR count). The molecule has 0 aliphatic heterocycles. The summed E-state index contributed by atoms with van der Waals surface area (Å²) >= 11 is 5.74. The third kappa shape index (κ3) is 3.78. The first-order valence-electron chi connectivity index (χ1n) is 5.54. The van der Waals surface area contributed by atoms with Gasteiger partial charge in [0, 0.05) is 5.88 Å². The van der Waals surface area contributed by atoms with Crippen LogP contribution < -0.4 is 0 Å². The van der Waals surface area contributed by atoms with Crippen LogP contribution in [0.15, 0.2) is 30.3 Å². The minimum atomic E-state index is -0.979. The Morgan fingerprint density at radius 1 is 1.31 bits per heavy atom. The fourth-order valence-corrected chi connectivity index (χ4v) is 1.82. The second-order valence-corrected chi connectivity index (χ2v) is 4.57. The van der Waals surface area contributed by atoms with Crippen LogP contribution >= 0.6 is 11.6 Å². The maximum Gasteiger partial charge on any atom is 0.114 e. The second kappa shape index (κ2) is 6.24. The molecule has 0 heterocycles. The van der Waals surface area contributed by atoms with E-state index < -0.39 is 5.60 Å². The average molecular weight is 243 g/mol. The Balaban J connectivity index is 2.79. The summed E-state index contributed by atoms with van der Waals surface area (Å²) in [6, 6.07) is 9.54. The zero-order chi connectivity index (χ0) is 12.0. The monoisotopic (exact) mass is 242 g/mol. The van der Waals surface area contributed by atoms with E-state index in [1.54, 1.807) is 0 Å². The lowest BCUT2D eigenvalue weighted by atomic mass is 9.92. The molecule has 1 atom stereocenters. The smallest absolute Gasteiger partial charge is 0.114 e. The number of ether oxygens (including phenoxy) is 1. The molecule has 16 heavy (non-hydrogen) atoms. The van der Waals surface area contributed by atoms with E-state index in [2.05, 4.69) is 0 Å². The average Bonchev–Trinajstić information content (AvgIpc) is 2.28. The molecule has 90 valence electrons. The van der Waals surface area contributed by atoms with Gasteiger partial charge in [-0.3, -0.25) is 0 Å². The van der Waals surface area contributed by atoms with Gasteiger partial charge in [0.1, 0.15) is 5.60 Å². The van der Waals surface area contributed by atoms with E-state index in [1.807, 2.05) is 44.2 Å². The van der Waals surface area contributed by atoms with Crippen LogP contribution in [-0.4, -0.2) is 23.7 Å². The first-order valence-corrected chi connectivity index (χ1v) is 6.07. The Hall–Kier alpha value is -0.570. The summed E-state index contributed by atoms with van der Waals surface area (Å²) in [4.78, 5) is 0. The van der Waals surface area contributed by atoms with Crippen LogP contribution in [0.3, 0.4) is 0 Å². The molecule has 0 radical (unpaired) electrons. The molecular weight excluding hydrogens is 224 g/mol. The number of hydrogen-bond acceptors (Lipinski definition) is 2. The second-order valence-electron chi connectivity index (χ2n) is 4.20. The number of hydrogen-bond donors (Lipinski definition) is 1. The van der Waals surface area contributed by atoms with Gasteiger partial charge in [-0.15, -0.1) is 11.6 Å². The number of rotatable bonds is 6. The van der Waals surface area contributed by atoms with E-state index in [0.717, 1.165) is 5.56 Å². The van der Waals surface area contributed by atoms with Crippen molar-refractivity contribution >= 4 is 11.6 Å². The molecule has 0 saturated heterocycles. The fraction of sp³-hybridized carbons (Fsp3) is 0.538. The zero-order valence-electron chi connectivity index (χ0n) is 9.82. The minimum Gasteiger partial charge on any atom is -0.383 e. The van der Waals surface area contributed by atoms with Gasteiger partial charge in [-0.05, 0) is 25.8 Å². The van der Waals surface area contributed by atoms with Crippen molar-refractivity contribution in [2.24, 2.45) is 0 Å². The van der Waals surface area contributed by atoms with Crippen LogP contribution in [0.5, 0.6) is 0 Å². The molecule has 0 spiro atoms. The Kier molecular flexibility index (Phi) is 5.26. The van der Waals surface area contributed by atoms with Crippen LogP contribution in [0.1, 0.15) is 25.8 Å². The van der Waals surface area contributed by atoms with Crippen molar-refractivity contribution in [1.82, 2.24) is 0 Å². The number of alkyl halides is 1. The maximum absolute atomic E-state index is 10.5. The minimum absolute atomic E-state index is 0.102. The molecule has 1 aromatic rings. The summed E-state index contributed by atoms with van der Waals surface area (Å²) in [6.07, 6.45) is 0.594. The van der Waals surface area contributed by atoms with Crippen molar-refractivity contribution in [1.29, 1.82) is 0 Å². The molecule has 0 aromatic heterocycles. The third-order valence-corrected chi connectivity index (χ3v) is 2.66. The summed E-state index contributed by atoms with van der Waals surface area (Å²) in [5, 5.41) is 10.5. The first-order chi connectivity index (χ1) is 7.58. The van der Waals surface area contributed by atoms with Gasteiger partial charge in [0.2, 0.25) is 0 Å². The Morgan fingerprint density at radius 3 is 2.44 bits per heavy atom. The molecule has 0 aliphatic rings. The molecule has 0 amide bonds. The standard InChI is InChI=1S/C13H19ClO2/c1-11(2)16-10-13(15,8-9-14)12-6-4-3-5-7-12/h3-7,11,15H,8-10H2,1-2H3. The van der Waals surface area contributed by atoms with Gasteiger partial charge in [-0.2, -0.15) is 0 Å². The highest BCUT2D eigenvalue weighted by Gasteiger charge is 2.29. The largest absolute Gasteiger partial charge is 0.383 e. The van der Waals surface area contributed by atoms with Crippen LogP contribution in [0, 0.1) is 0 Å². The topological polar surface area (TPSA) is 29.5 Å². The maximum atomic E-state index is 10.5. The predicted molar refractivity (Wildman–Crippen MR) is 66.8 cm³/mol. The van der Waals surface area contributed by atoms with Gasteiger partial charge in [0.15, 0.2) is 0 Å². The van der Waals surface area contributed by atoms with Gasteiger partial charge < -0.3 is 9.84 Å². The molecule has 0 aliphatic carbocycles. The van der Waals surface area contributed by atoms with Crippen molar-refractivity contribution < 1.29 is 9.84 Å². The van der Waals surface area contributed by atoms with Gasteiger partial charge in [0.05, 0.1) is 12.7 Å². The van der Waals surface area contributed by atoms with Gasteiger partial charge in [-0.25, -0.2) is 0 Å². The number of halogens is 1. The SMILES string of the molecule is CC(C)OCC(O)(CCCl)c1ccccc1. The third-order valence-electron chi connectivity index (χ3n) is 2.47. The molecule has 2 nitrogen and oxygen atoms in total. The summed E-state index contributed by atoms with van der Waals surface area (Å²) in [6.45, 7) is 4.18. The molecule has 1 aromatic carbocycles. The summed E-state index contributed by atoms with van der Waals surface area (Å²) < 4.78 is 5.51. The summed E-state index contributed by atoms with van der Waals surface area (Å²) in [5.74, 6) is 0.410. The van der Waals surface area contributed by atoms with Crippen molar-refractivity contribution in [3.8, 4) is 0 Å². The lowest BCUT2D eigenvalue weighted by Gasteiger charge is -2.28. The highest BCUT2D eigenvalue weighted by atomic mass is 35.5. The van der Waals surface area contributed by atoms with E-state index in [9.17, 15) is 5.11 Å². The number of aliphatic hydroxyl groups is 1. The first kappa shape index (κ1) is 13.5. The van der Waals surface area contributed by atoms with Crippen LogP contribution in [0.2, 0.25) is 0 Å².